The zero-order valence-electron chi connectivity index (χ0n) is 14.8. The molecule has 0 atom stereocenters. The normalized spacial score (nSPS) is 11.6. The lowest BCUT2D eigenvalue weighted by atomic mass is 10.2. The highest BCUT2D eigenvalue weighted by Gasteiger charge is 2.18. The van der Waals surface area contributed by atoms with Crippen molar-refractivity contribution in [2.45, 2.75) is 0 Å². The quantitative estimate of drug-likeness (QED) is 0.478. The number of hydrogen-bond acceptors (Lipinski definition) is 3. The molecular formula is C22H15N5O+2. The van der Waals surface area contributed by atoms with Crippen molar-refractivity contribution in [1.82, 2.24) is 15.1 Å². The summed E-state index contributed by atoms with van der Waals surface area (Å²) in [6.07, 6.45) is 7.48. The van der Waals surface area contributed by atoms with Crippen LogP contribution in [0.2, 0.25) is 0 Å². The van der Waals surface area contributed by atoms with Crippen molar-refractivity contribution in [3.05, 3.63) is 85.5 Å². The summed E-state index contributed by atoms with van der Waals surface area (Å²) in [4.78, 5) is 8.72. The molecule has 132 valence electrons. The lowest BCUT2D eigenvalue weighted by Gasteiger charge is -1.95. The predicted octanol–water partition coefficient (Wildman–Crippen LogP) is 3.41. The van der Waals surface area contributed by atoms with Crippen LogP contribution in [0.5, 0.6) is 0 Å². The molecule has 0 bridgehead atoms. The summed E-state index contributed by atoms with van der Waals surface area (Å²) >= 11 is 0. The Hall–Kier alpha value is -4.06. The van der Waals surface area contributed by atoms with Gasteiger partial charge in [0.05, 0.1) is 21.8 Å². The van der Waals surface area contributed by atoms with E-state index in [1.807, 2.05) is 53.3 Å². The van der Waals surface area contributed by atoms with Crippen LogP contribution >= 0.6 is 0 Å². The number of H-pyrrole nitrogens is 1. The number of nitrogens with one attached hydrogen (secondary N) is 1. The number of nitrogens with zero attached hydrogens (tertiary/aromatic N) is 4. The summed E-state index contributed by atoms with van der Waals surface area (Å²) in [6.45, 7) is 0. The van der Waals surface area contributed by atoms with E-state index >= 15 is 0 Å². The van der Waals surface area contributed by atoms with Crippen molar-refractivity contribution in [2.24, 2.45) is 0 Å². The molecule has 3 aromatic carbocycles. The Morgan fingerprint density at radius 3 is 2.54 bits per heavy atom. The molecule has 6 rings (SSSR count). The Balaban J connectivity index is 1.45. The molecule has 0 unspecified atom stereocenters. The fourth-order valence-corrected chi connectivity index (χ4v) is 3.49. The predicted molar refractivity (Wildman–Crippen MR) is 104 cm³/mol. The van der Waals surface area contributed by atoms with Gasteiger partial charge in [0, 0.05) is 41.4 Å². The molecule has 0 amide bonds. The minimum Gasteiger partial charge on any atom is -0.253 e. The van der Waals surface area contributed by atoms with Crippen molar-refractivity contribution in [3.8, 4) is 11.4 Å². The van der Waals surface area contributed by atoms with Crippen molar-refractivity contribution in [3.63, 3.8) is 0 Å². The summed E-state index contributed by atoms with van der Waals surface area (Å²) in [6, 6.07) is 20.2. The van der Waals surface area contributed by atoms with E-state index in [4.69, 9.17) is 4.52 Å². The molecule has 0 saturated heterocycles. The number of para-hydroxylation sites is 1. The molecule has 3 heterocycles. The third-order valence-corrected chi connectivity index (χ3v) is 4.90. The minimum absolute atomic E-state index is 0.862. The summed E-state index contributed by atoms with van der Waals surface area (Å²) in [7, 11) is 0. The smallest absolute Gasteiger partial charge is 0.253 e. The second-order valence-corrected chi connectivity index (χ2v) is 6.70. The van der Waals surface area contributed by atoms with Gasteiger partial charge in [-0.15, -0.1) is 0 Å². The van der Waals surface area contributed by atoms with Gasteiger partial charge in [-0.3, -0.25) is 9.97 Å². The fourth-order valence-electron chi connectivity index (χ4n) is 3.49. The topological polar surface area (TPSA) is 62.5 Å². The Kier molecular flexibility index (Phi) is 3.07. The van der Waals surface area contributed by atoms with Crippen LogP contribution in [-0.4, -0.2) is 15.1 Å². The number of aromatic nitrogens is 5. The van der Waals surface area contributed by atoms with Gasteiger partial charge in [0.2, 0.25) is 23.7 Å². The Morgan fingerprint density at radius 1 is 0.750 bits per heavy atom. The van der Waals surface area contributed by atoms with E-state index in [2.05, 4.69) is 39.5 Å². The zero-order valence-corrected chi connectivity index (χ0v) is 14.8. The molecule has 3 aromatic heterocycles. The van der Waals surface area contributed by atoms with E-state index in [1.54, 1.807) is 17.1 Å². The average Bonchev–Trinajstić information content (AvgIpc) is 3.37. The molecule has 0 fully saturated rings. The summed E-state index contributed by atoms with van der Waals surface area (Å²) < 4.78 is 9.71. The molecule has 6 aromatic rings. The average molecular weight is 365 g/mol. The van der Waals surface area contributed by atoms with E-state index in [9.17, 15) is 0 Å². The van der Waals surface area contributed by atoms with E-state index in [0.717, 1.165) is 44.3 Å². The van der Waals surface area contributed by atoms with Gasteiger partial charge in [-0.05, 0) is 24.3 Å². The van der Waals surface area contributed by atoms with Crippen LogP contribution in [0.25, 0.3) is 44.3 Å². The molecular weight excluding hydrogens is 350 g/mol. The molecule has 0 aliphatic rings. The van der Waals surface area contributed by atoms with E-state index < -0.39 is 0 Å². The van der Waals surface area contributed by atoms with Gasteiger partial charge in [-0.1, -0.05) is 16.8 Å². The Morgan fingerprint density at radius 2 is 1.61 bits per heavy atom. The monoisotopic (exact) mass is 365 g/mol. The van der Waals surface area contributed by atoms with Gasteiger partial charge in [0.15, 0.2) is 0 Å². The maximum atomic E-state index is 5.92. The summed E-state index contributed by atoms with van der Waals surface area (Å²) in [5.41, 5.74) is 5.59. The molecule has 0 radical (unpaired) electrons. The number of rotatable bonds is 2. The van der Waals surface area contributed by atoms with Gasteiger partial charge in [0.25, 0.3) is 5.69 Å². The van der Waals surface area contributed by atoms with Crippen LogP contribution in [0.3, 0.4) is 0 Å². The molecule has 0 saturated carbocycles. The molecule has 1 N–H and O–H groups in total. The highest BCUT2D eigenvalue weighted by atomic mass is 16.5. The highest BCUT2D eigenvalue weighted by molar-refractivity contribution is 5.79. The first-order valence-electron chi connectivity index (χ1n) is 9.00. The minimum atomic E-state index is 0.862. The van der Waals surface area contributed by atoms with Gasteiger partial charge in [0.1, 0.15) is 5.52 Å². The van der Waals surface area contributed by atoms with Crippen molar-refractivity contribution in [1.29, 1.82) is 0 Å². The van der Waals surface area contributed by atoms with E-state index in [0.29, 0.717) is 0 Å². The SMILES string of the molecule is c1ccc2o[n+](-c3ccc4c[n+](-c5ccc6nccnc6c5)[nH]c4c3)cc2c1. The van der Waals surface area contributed by atoms with Gasteiger partial charge in [-0.2, -0.15) is 5.10 Å². The molecule has 28 heavy (non-hydrogen) atoms. The number of fused-ring (bicyclic) bond motifs is 3. The first-order valence-corrected chi connectivity index (χ1v) is 9.00. The van der Waals surface area contributed by atoms with Gasteiger partial charge < -0.3 is 0 Å². The first-order chi connectivity index (χ1) is 13.8. The fraction of sp³-hybridized carbons (Fsp3) is 0. The Bertz CT molecular complexity index is 1450. The van der Waals surface area contributed by atoms with Crippen LogP contribution < -0.4 is 9.42 Å². The van der Waals surface area contributed by atoms with E-state index in [1.165, 1.54) is 0 Å². The second-order valence-electron chi connectivity index (χ2n) is 6.70. The van der Waals surface area contributed by atoms with Crippen LogP contribution in [0.15, 0.2) is 90.0 Å². The number of aromatic amines is 1. The maximum Gasteiger partial charge on any atom is 0.260 e. The molecule has 0 spiro atoms. The van der Waals surface area contributed by atoms with Crippen LogP contribution in [0, 0.1) is 0 Å². The highest BCUT2D eigenvalue weighted by Crippen LogP contribution is 2.17. The van der Waals surface area contributed by atoms with E-state index in [-0.39, 0.29) is 0 Å². The zero-order chi connectivity index (χ0) is 18.5. The number of hydrogen-bond donors (Lipinski definition) is 1. The van der Waals surface area contributed by atoms with Crippen LogP contribution in [0.4, 0.5) is 0 Å². The third-order valence-electron chi connectivity index (χ3n) is 4.90. The summed E-state index contributed by atoms with van der Waals surface area (Å²) in [5.74, 6) is 0. The van der Waals surface area contributed by atoms with Crippen molar-refractivity contribution >= 4 is 32.9 Å². The maximum absolute atomic E-state index is 5.92. The number of benzene rings is 3. The second kappa shape index (κ2) is 5.72. The lowest BCUT2D eigenvalue weighted by Crippen LogP contribution is -2.31. The Labute approximate surface area is 159 Å². The summed E-state index contributed by atoms with van der Waals surface area (Å²) in [5, 5.41) is 5.62. The molecule has 6 nitrogen and oxygen atoms in total. The molecule has 6 heteroatoms. The van der Waals surface area contributed by atoms with Crippen molar-refractivity contribution in [2.75, 3.05) is 0 Å². The first kappa shape index (κ1) is 15.0. The third kappa shape index (κ3) is 2.35. The van der Waals surface area contributed by atoms with Crippen LogP contribution in [-0.2, 0) is 0 Å². The molecule has 0 aliphatic carbocycles. The van der Waals surface area contributed by atoms with Crippen LogP contribution in [0.1, 0.15) is 0 Å². The molecule has 0 aliphatic heterocycles. The standard InChI is InChI=1S/C22H14N5O/c1-2-4-22-16(3-1)14-27(28-22)18-6-5-15-13-26(25-20(15)12-18)17-7-8-19-21(11-17)24-10-9-23-19/h1-14H/q+1/p+1. The van der Waals surface area contributed by atoms with Gasteiger partial charge in [-0.25, -0.2) is 4.52 Å². The lowest BCUT2D eigenvalue weighted by molar-refractivity contribution is -0.779. The largest absolute Gasteiger partial charge is 0.260 e. The van der Waals surface area contributed by atoms with Crippen molar-refractivity contribution < 1.29 is 13.9 Å². The van der Waals surface area contributed by atoms with Gasteiger partial charge >= 0.3 is 0 Å².